The SMILES string of the molecule is BrCC(CCOc1ccc(Br)cc1)Cc1cccc(Br)c1. The number of rotatable bonds is 7. The molecule has 1 atom stereocenters. The van der Waals surface area contributed by atoms with Gasteiger partial charge in [-0.3, -0.25) is 0 Å². The third-order valence-corrected chi connectivity index (χ3v) is 5.18. The normalized spacial score (nSPS) is 12.1. The minimum absolute atomic E-state index is 0.578. The van der Waals surface area contributed by atoms with Gasteiger partial charge in [-0.25, -0.2) is 0 Å². The summed E-state index contributed by atoms with van der Waals surface area (Å²) in [7, 11) is 0. The second-order valence-corrected chi connectivity index (χ2v) is 7.42. The fourth-order valence-electron chi connectivity index (χ4n) is 2.11. The molecular weight excluding hydrogens is 460 g/mol. The van der Waals surface area contributed by atoms with E-state index in [9.17, 15) is 0 Å². The largest absolute Gasteiger partial charge is 0.494 e. The minimum Gasteiger partial charge on any atom is -0.494 e. The number of hydrogen-bond donors (Lipinski definition) is 0. The maximum atomic E-state index is 5.80. The Morgan fingerprint density at radius 1 is 0.952 bits per heavy atom. The minimum atomic E-state index is 0.578. The van der Waals surface area contributed by atoms with Crippen LogP contribution in [0.15, 0.2) is 57.5 Å². The second kappa shape index (κ2) is 8.96. The zero-order valence-corrected chi connectivity index (χ0v) is 16.3. The molecule has 0 aliphatic carbocycles. The zero-order chi connectivity index (χ0) is 15.1. The van der Waals surface area contributed by atoms with Gasteiger partial charge in [-0.15, -0.1) is 0 Å². The molecule has 0 radical (unpaired) electrons. The lowest BCUT2D eigenvalue weighted by Gasteiger charge is -2.15. The van der Waals surface area contributed by atoms with E-state index in [-0.39, 0.29) is 0 Å². The van der Waals surface area contributed by atoms with Crippen LogP contribution < -0.4 is 4.74 Å². The Bertz CT molecular complexity index is 554. The molecule has 1 unspecified atom stereocenters. The van der Waals surface area contributed by atoms with E-state index in [1.807, 2.05) is 24.3 Å². The van der Waals surface area contributed by atoms with E-state index in [0.717, 1.165) is 39.5 Å². The number of alkyl halides is 1. The Morgan fingerprint density at radius 2 is 1.71 bits per heavy atom. The summed E-state index contributed by atoms with van der Waals surface area (Å²) < 4.78 is 8.01. The van der Waals surface area contributed by atoms with Gasteiger partial charge in [-0.2, -0.15) is 0 Å². The highest BCUT2D eigenvalue weighted by atomic mass is 79.9. The second-order valence-electron chi connectivity index (χ2n) is 4.95. The van der Waals surface area contributed by atoms with Crippen molar-refractivity contribution in [2.45, 2.75) is 12.8 Å². The number of hydrogen-bond acceptors (Lipinski definition) is 1. The van der Waals surface area contributed by atoms with E-state index in [1.54, 1.807) is 0 Å². The van der Waals surface area contributed by atoms with Gasteiger partial charge in [0.05, 0.1) is 6.61 Å². The van der Waals surface area contributed by atoms with Crippen LogP contribution in [0.25, 0.3) is 0 Å². The fourth-order valence-corrected chi connectivity index (χ4v) is 3.37. The van der Waals surface area contributed by atoms with Gasteiger partial charge in [0.25, 0.3) is 0 Å². The van der Waals surface area contributed by atoms with Crippen molar-refractivity contribution in [3.05, 3.63) is 63.0 Å². The third kappa shape index (κ3) is 6.13. The molecule has 0 bridgehead atoms. The lowest BCUT2D eigenvalue weighted by atomic mass is 9.98. The number of ether oxygens (including phenoxy) is 1. The lowest BCUT2D eigenvalue weighted by molar-refractivity contribution is 0.285. The maximum absolute atomic E-state index is 5.80. The Kier molecular flexibility index (Phi) is 7.27. The fraction of sp³-hybridized carbons (Fsp3) is 0.294. The zero-order valence-electron chi connectivity index (χ0n) is 11.6. The summed E-state index contributed by atoms with van der Waals surface area (Å²) in [5.74, 6) is 1.50. The summed E-state index contributed by atoms with van der Waals surface area (Å²) in [5.41, 5.74) is 1.36. The van der Waals surface area contributed by atoms with Crippen molar-refractivity contribution in [2.24, 2.45) is 5.92 Å². The number of halogens is 3. The molecule has 112 valence electrons. The van der Waals surface area contributed by atoms with Crippen molar-refractivity contribution >= 4 is 47.8 Å². The van der Waals surface area contributed by atoms with E-state index in [1.165, 1.54) is 5.56 Å². The van der Waals surface area contributed by atoms with Crippen LogP contribution in [-0.2, 0) is 6.42 Å². The molecule has 21 heavy (non-hydrogen) atoms. The van der Waals surface area contributed by atoms with Crippen LogP contribution in [0.5, 0.6) is 5.75 Å². The molecule has 2 aromatic carbocycles. The molecule has 0 saturated heterocycles. The molecule has 4 heteroatoms. The van der Waals surface area contributed by atoms with Gasteiger partial charge >= 0.3 is 0 Å². The van der Waals surface area contributed by atoms with Crippen LogP contribution in [-0.4, -0.2) is 11.9 Å². The van der Waals surface area contributed by atoms with E-state index in [4.69, 9.17) is 4.74 Å². The Balaban J connectivity index is 1.81. The van der Waals surface area contributed by atoms with Crippen LogP contribution in [0.4, 0.5) is 0 Å². The van der Waals surface area contributed by atoms with E-state index < -0.39 is 0 Å². The van der Waals surface area contributed by atoms with Gasteiger partial charge < -0.3 is 4.74 Å². The molecule has 0 saturated carbocycles. The standard InChI is InChI=1S/C17H17Br3O/c18-12-14(10-13-2-1-3-16(20)11-13)8-9-21-17-6-4-15(19)5-7-17/h1-7,11,14H,8-10,12H2. The quantitative estimate of drug-likeness (QED) is 0.430. The molecule has 0 aliphatic rings. The smallest absolute Gasteiger partial charge is 0.119 e. The highest BCUT2D eigenvalue weighted by Crippen LogP contribution is 2.20. The molecule has 0 spiro atoms. The highest BCUT2D eigenvalue weighted by molar-refractivity contribution is 9.10. The van der Waals surface area contributed by atoms with Crippen LogP contribution >= 0.6 is 47.8 Å². The average molecular weight is 477 g/mol. The van der Waals surface area contributed by atoms with Crippen molar-refractivity contribution in [1.29, 1.82) is 0 Å². The van der Waals surface area contributed by atoms with Crippen molar-refractivity contribution in [1.82, 2.24) is 0 Å². The first kappa shape index (κ1) is 17.0. The van der Waals surface area contributed by atoms with Crippen molar-refractivity contribution in [2.75, 3.05) is 11.9 Å². The molecule has 0 aromatic heterocycles. The predicted molar refractivity (Wildman–Crippen MR) is 99.4 cm³/mol. The summed E-state index contributed by atoms with van der Waals surface area (Å²) in [4.78, 5) is 0. The van der Waals surface area contributed by atoms with Gasteiger partial charge in [0, 0.05) is 14.3 Å². The first-order valence-electron chi connectivity index (χ1n) is 6.86. The van der Waals surface area contributed by atoms with Crippen molar-refractivity contribution < 1.29 is 4.74 Å². The van der Waals surface area contributed by atoms with Crippen LogP contribution in [0.3, 0.4) is 0 Å². The Morgan fingerprint density at radius 3 is 2.38 bits per heavy atom. The predicted octanol–water partition coefficient (Wildman–Crippen LogP) is 6.23. The van der Waals surface area contributed by atoms with Crippen LogP contribution in [0, 0.1) is 5.92 Å². The van der Waals surface area contributed by atoms with E-state index in [2.05, 4.69) is 72.1 Å². The molecule has 0 heterocycles. The van der Waals surface area contributed by atoms with Crippen molar-refractivity contribution in [3.63, 3.8) is 0 Å². The Labute approximate surface area is 151 Å². The molecule has 0 fully saturated rings. The molecule has 0 N–H and O–H groups in total. The number of benzene rings is 2. The molecule has 2 rings (SSSR count). The van der Waals surface area contributed by atoms with Gasteiger partial charge in [-0.1, -0.05) is 59.9 Å². The third-order valence-electron chi connectivity index (χ3n) is 3.24. The summed E-state index contributed by atoms with van der Waals surface area (Å²) >= 11 is 10.6. The molecule has 0 amide bonds. The van der Waals surface area contributed by atoms with Crippen LogP contribution in [0.1, 0.15) is 12.0 Å². The maximum Gasteiger partial charge on any atom is 0.119 e. The summed E-state index contributed by atoms with van der Waals surface area (Å²) in [5, 5.41) is 0.989. The van der Waals surface area contributed by atoms with Gasteiger partial charge in [-0.05, 0) is 60.7 Å². The molecule has 1 nitrogen and oxygen atoms in total. The topological polar surface area (TPSA) is 9.23 Å². The first-order chi connectivity index (χ1) is 10.2. The van der Waals surface area contributed by atoms with Gasteiger partial charge in [0.15, 0.2) is 0 Å². The monoisotopic (exact) mass is 474 g/mol. The van der Waals surface area contributed by atoms with Crippen LogP contribution in [0.2, 0.25) is 0 Å². The van der Waals surface area contributed by atoms with E-state index in [0.29, 0.717) is 5.92 Å². The summed E-state index contributed by atoms with van der Waals surface area (Å²) in [6.45, 7) is 0.742. The first-order valence-corrected chi connectivity index (χ1v) is 9.57. The molecule has 0 aliphatic heterocycles. The highest BCUT2D eigenvalue weighted by Gasteiger charge is 2.09. The lowest BCUT2D eigenvalue weighted by Crippen LogP contribution is -2.11. The van der Waals surface area contributed by atoms with Crippen molar-refractivity contribution in [3.8, 4) is 5.75 Å². The van der Waals surface area contributed by atoms with E-state index >= 15 is 0 Å². The summed E-state index contributed by atoms with van der Waals surface area (Å²) in [6, 6.07) is 16.5. The van der Waals surface area contributed by atoms with Gasteiger partial charge in [0.2, 0.25) is 0 Å². The average Bonchev–Trinajstić information content (AvgIpc) is 2.48. The summed E-state index contributed by atoms with van der Waals surface area (Å²) in [6.07, 6.45) is 2.10. The van der Waals surface area contributed by atoms with Gasteiger partial charge in [0.1, 0.15) is 5.75 Å². The molecular formula is C17H17Br3O. The molecule has 2 aromatic rings. The Hall–Kier alpha value is -0.320.